The number of unbranched alkanes of at least 4 members (excludes halogenated alkanes) is 5. The quantitative estimate of drug-likeness (QED) is 0.203. The lowest BCUT2D eigenvalue weighted by Gasteiger charge is -2.24. The van der Waals surface area contributed by atoms with Crippen LogP contribution < -0.4 is 0 Å². The van der Waals surface area contributed by atoms with Gasteiger partial charge >= 0.3 is 0 Å². The number of hydrogen-bond acceptors (Lipinski definition) is 2. The maximum atomic E-state index is 9.97. The minimum Gasteiger partial charge on any atom is -0.211 e. The van der Waals surface area contributed by atoms with Crippen LogP contribution in [0.5, 0.6) is 0 Å². The molecular weight excluding hydrogens is 305 g/mol. The Morgan fingerprint density at radius 1 is 1.00 bits per heavy atom. The highest BCUT2D eigenvalue weighted by atomic mass is 35.6. The van der Waals surface area contributed by atoms with Crippen molar-refractivity contribution >= 4 is 40.9 Å². The van der Waals surface area contributed by atoms with Crippen LogP contribution in [0.25, 0.3) is 0 Å². The fourth-order valence-electron chi connectivity index (χ4n) is 2.11. The van der Waals surface area contributed by atoms with E-state index in [1.807, 2.05) is 0 Å². The highest BCUT2D eigenvalue weighted by molar-refractivity contribution is 6.67. The van der Waals surface area contributed by atoms with E-state index in [9.17, 15) is 4.79 Å². The third-order valence-electron chi connectivity index (χ3n) is 3.26. The van der Waals surface area contributed by atoms with E-state index < -0.39 is 3.79 Å². The molecule has 0 aromatic carbocycles. The van der Waals surface area contributed by atoms with E-state index in [0.29, 0.717) is 6.54 Å². The van der Waals surface area contributed by atoms with Gasteiger partial charge in [0.1, 0.15) is 0 Å². The van der Waals surface area contributed by atoms with Gasteiger partial charge in [-0.25, -0.2) is 9.79 Å². The Kier molecular flexibility index (Phi) is 12.2. The Morgan fingerprint density at radius 2 is 1.58 bits per heavy atom. The monoisotopic (exact) mass is 327 g/mol. The molecule has 1 atom stereocenters. The van der Waals surface area contributed by atoms with Crippen LogP contribution in [0.1, 0.15) is 64.7 Å². The van der Waals surface area contributed by atoms with E-state index in [2.05, 4.69) is 11.9 Å². The van der Waals surface area contributed by atoms with Crippen LogP contribution in [-0.2, 0) is 4.79 Å². The molecule has 5 heteroatoms. The van der Waals surface area contributed by atoms with Crippen LogP contribution in [0.3, 0.4) is 0 Å². The molecule has 0 aliphatic heterocycles. The Labute approximate surface area is 131 Å². The summed E-state index contributed by atoms with van der Waals surface area (Å²) in [6.07, 6.45) is 11.4. The van der Waals surface area contributed by atoms with Crippen LogP contribution in [0, 0.1) is 5.92 Å². The minimum absolute atomic E-state index is 0.0468. The van der Waals surface area contributed by atoms with Gasteiger partial charge in [0.2, 0.25) is 6.08 Å². The highest BCUT2D eigenvalue weighted by Crippen LogP contribution is 2.40. The number of alkyl halides is 3. The van der Waals surface area contributed by atoms with Gasteiger partial charge < -0.3 is 0 Å². The number of carbonyl (C=O) groups excluding carboxylic acids is 1. The lowest BCUT2D eigenvalue weighted by atomic mass is 9.97. The van der Waals surface area contributed by atoms with E-state index in [0.717, 1.165) is 25.7 Å². The molecule has 0 spiro atoms. The maximum absolute atomic E-state index is 9.97. The van der Waals surface area contributed by atoms with Crippen molar-refractivity contribution in [1.29, 1.82) is 0 Å². The summed E-state index contributed by atoms with van der Waals surface area (Å²) >= 11 is 18.0. The summed E-state index contributed by atoms with van der Waals surface area (Å²) in [5, 5.41) is 0. The molecule has 0 amide bonds. The fourth-order valence-corrected chi connectivity index (χ4v) is 2.76. The SMILES string of the molecule is CCCCCCCCC(CCCN=C=O)C(Cl)(Cl)Cl. The van der Waals surface area contributed by atoms with Gasteiger partial charge in [0, 0.05) is 5.92 Å². The number of isocyanates is 1. The summed E-state index contributed by atoms with van der Waals surface area (Å²) in [5.74, 6) is 0.0468. The van der Waals surface area contributed by atoms with Gasteiger partial charge in [0.15, 0.2) is 3.79 Å². The number of nitrogens with zero attached hydrogens (tertiary/aromatic N) is 1. The second-order valence-electron chi connectivity index (χ2n) is 4.91. The predicted octanol–water partition coefficient (Wildman–Crippen LogP) is 5.84. The first kappa shape index (κ1) is 19.2. The van der Waals surface area contributed by atoms with Crippen LogP contribution >= 0.6 is 34.8 Å². The van der Waals surface area contributed by atoms with Gasteiger partial charge in [-0.3, -0.25) is 0 Å². The van der Waals surface area contributed by atoms with Crippen molar-refractivity contribution < 1.29 is 4.79 Å². The first-order chi connectivity index (χ1) is 9.02. The van der Waals surface area contributed by atoms with Gasteiger partial charge in [0.25, 0.3) is 0 Å². The van der Waals surface area contributed by atoms with Crippen molar-refractivity contribution in [2.75, 3.05) is 6.54 Å². The van der Waals surface area contributed by atoms with Crippen molar-refractivity contribution in [3.8, 4) is 0 Å². The summed E-state index contributed by atoms with van der Waals surface area (Å²) in [5.41, 5.74) is 0. The molecule has 0 radical (unpaired) electrons. The second-order valence-corrected chi connectivity index (χ2v) is 7.28. The molecule has 0 aromatic heterocycles. The fraction of sp³-hybridized carbons (Fsp3) is 0.929. The third kappa shape index (κ3) is 11.8. The molecule has 0 aromatic rings. The molecule has 0 aliphatic rings. The van der Waals surface area contributed by atoms with Crippen LogP contribution in [0.4, 0.5) is 0 Å². The van der Waals surface area contributed by atoms with E-state index in [1.54, 1.807) is 0 Å². The molecule has 2 nitrogen and oxygen atoms in total. The molecule has 0 fully saturated rings. The summed E-state index contributed by atoms with van der Waals surface area (Å²) in [7, 11) is 0. The van der Waals surface area contributed by atoms with Gasteiger partial charge in [-0.05, 0) is 19.3 Å². The molecule has 0 N–H and O–H groups in total. The molecule has 0 rings (SSSR count). The minimum atomic E-state index is -1.21. The molecule has 0 heterocycles. The lowest BCUT2D eigenvalue weighted by molar-refractivity contribution is 0.420. The molecule has 0 saturated carbocycles. The van der Waals surface area contributed by atoms with Crippen molar-refractivity contribution in [2.45, 2.75) is 68.5 Å². The zero-order valence-electron chi connectivity index (χ0n) is 11.6. The van der Waals surface area contributed by atoms with Crippen molar-refractivity contribution in [3.05, 3.63) is 0 Å². The van der Waals surface area contributed by atoms with Crippen LogP contribution in [0.15, 0.2) is 4.99 Å². The Balaban J connectivity index is 3.84. The standard InChI is InChI=1S/C14H24Cl3NO/c1-2-3-4-5-6-7-9-13(14(15,16)17)10-8-11-18-12-19/h13H,2-11H2,1H3. The van der Waals surface area contributed by atoms with Gasteiger partial charge in [-0.15, -0.1) is 0 Å². The molecule has 0 bridgehead atoms. The smallest absolute Gasteiger partial charge is 0.211 e. The molecular formula is C14H24Cl3NO. The van der Waals surface area contributed by atoms with E-state index in [1.165, 1.54) is 38.2 Å². The maximum Gasteiger partial charge on any atom is 0.234 e. The number of rotatable bonds is 11. The number of aliphatic imine (C=N–C) groups is 1. The van der Waals surface area contributed by atoms with Crippen molar-refractivity contribution in [2.24, 2.45) is 10.9 Å². The Bertz CT molecular complexity index is 260. The van der Waals surface area contributed by atoms with Crippen molar-refractivity contribution in [1.82, 2.24) is 0 Å². The first-order valence-electron chi connectivity index (χ1n) is 7.12. The topological polar surface area (TPSA) is 29.4 Å². The molecule has 112 valence electrons. The van der Waals surface area contributed by atoms with Crippen LogP contribution in [0.2, 0.25) is 0 Å². The highest BCUT2D eigenvalue weighted by Gasteiger charge is 2.31. The van der Waals surface area contributed by atoms with Gasteiger partial charge in [-0.2, -0.15) is 0 Å². The molecule has 0 saturated heterocycles. The molecule has 1 unspecified atom stereocenters. The van der Waals surface area contributed by atoms with E-state index in [-0.39, 0.29) is 5.92 Å². The molecule has 0 aliphatic carbocycles. The van der Waals surface area contributed by atoms with E-state index >= 15 is 0 Å². The molecule has 19 heavy (non-hydrogen) atoms. The van der Waals surface area contributed by atoms with Crippen LogP contribution in [-0.4, -0.2) is 16.4 Å². The number of halogens is 3. The first-order valence-corrected chi connectivity index (χ1v) is 8.26. The van der Waals surface area contributed by atoms with E-state index in [4.69, 9.17) is 34.8 Å². The second kappa shape index (κ2) is 12.0. The summed E-state index contributed by atoms with van der Waals surface area (Å²) in [6.45, 7) is 2.68. The number of hydrogen-bond donors (Lipinski definition) is 0. The summed E-state index contributed by atoms with van der Waals surface area (Å²) < 4.78 is -1.21. The predicted molar refractivity (Wildman–Crippen MR) is 84.0 cm³/mol. The average Bonchev–Trinajstić information content (AvgIpc) is 2.34. The zero-order chi connectivity index (χ0) is 14.6. The van der Waals surface area contributed by atoms with Crippen molar-refractivity contribution in [3.63, 3.8) is 0 Å². The average molecular weight is 329 g/mol. The summed E-state index contributed by atoms with van der Waals surface area (Å²) in [6, 6.07) is 0. The third-order valence-corrected chi connectivity index (χ3v) is 4.18. The normalized spacial score (nSPS) is 13.1. The Morgan fingerprint density at radius 3 is 2.16 bits per heavy atom. The van der Waals surface area contributed by atoms with Gasteiger partial charge in [-0.1, -0.05) is 80.3 Å². The lowest BCUT2D eigenvalue weighted by Crippen LogP contribution is -2.19. The van der Waals surface area contributed by atoms with Gasteiger partial charge in [0.05, 0.1) is 6.54 Å². The Hall–Kier alpha value is 0.250. The largest absolute Gasteiger partial charge is 0.234 e. The zero-order valence-corrected chi connectivity index (χ0v) is 13.9. The summed E-state index contributed by atoms with van der Waals surface area (Å²) in [4.78, 5) is 13.5.